The maximum absolute atomic E-state index is 11.6. The van der Waals surface area contributed by atoms with Crippen molar-refractivity contribution >= 4 is 27.5 Å². The number of rotatable bonds is 4. The molecule has 0 aliphatic carbocycles. The standard InChI is InChI=1S/C12H17BrN2O/c1-3-9(14)7-12(16)15-11-5-4-8(2)6-10(11)13/h4-6,9H,3,7,14H2,1-2H3,(H,15,16). The summed E-state index contributed by atoms with van der Waals surface area (Å²) in [5.74, 6) is -0.0427. The Hall–Kier alpha value is -0.870. The van der Waals surface area contributed by atoms with Gasteiger partial charge in [0.1, 0.15) is 0 Å². The van der Waals surface area contributed by atoms with Gasteiger partial charge in [0.2, 0.25) is 5.91 Å². The summed E-state index contributed by atoms with van der Waals surface area (Å²) < 4.78 is 0.894. The zero-order valence-electron chi connectivity index (χ0n) is 9.59. The van der Waals surface area contributed by atoms with Crippen LogP contribution in [-0.4, -0.2) is 11.9 Å². The summed E-state index contributed by atoms with van der Waals surface area (Å²) >= 11 is 3.41. The third-order valence-corrected chi connectivity index (χ3v) is 3.03. The molecular formula is C12H17BrN2O. The van der Waals surface area contributed by atoms with Crippen LogP contribution in [0.1, 0.15) is 25.3 Å². The van der Waals surface area contributed by atoms with Gasteiger partial charge in [-0.3, -0.25) is 4.79 Å². The van der Waals surface area contributed by atoms with Crippen molar-refractivity contribution in [3.05, 3.63) is 28.2 Å². The second kappa shape index (κ2) is 6.01. The lowest BCUT2D eigenvalue weighted by atomic mass is 10.1. The number of aryl methyl sites for hydroxylation is 1. The Morgan fingerprint density at radius 2 is 2.25 bits per heavy atom. The molecule has 1 amide bonds. The Labute approximate surface area is 105 Å². The first kappa shape index (κ1) is 13.2. The van der Waals surface area contributed by atoms with Gasteiger partial charge in [-0.2, -0.15) is 0 Å². The zero-order chi connectivity index (χ0) is 12.1. The van der Waals surface area contributed by atoms with Crippen molar-refractivity contribution in [2.24, 2.45) is 5.73 Å². The Bertz CT molecular complexity index is 379. The summed E-state index contributed by atoms with van der Waals surface area (Å²) in [4.78, 5) is 11.6. The molecule has 3 nitrogen and oxygen atoms in total. The van der Waals surface area contributed by atoms with Crippen LogP contribution in [0.3, 0.4) is 0 Å². The molecule has 1 unspecified atom stereocenters. The summed E-state index contributed by atoms with van der Waals surface area (Å²) in [7, 11) is 0. The third kappa shape index (κ3) is 3.94. The van der Waals surface area contributed by atoms with Gasteiger partial charge in [0.05, 0.1) is 5.69 Å². The third-order valence-electron chi connectivity index (χ3n) is 2.37. The molecular weight excluding hydrogens is 268 g/mol. The van der Waals surface area contributed by atoms with Crippen LogP contribution in [0.5, 0.6) is 0 Å². The first-order chi connectivity index (χ1) is 7.52. The van der Waals surface area contributed by atoms with Gasteiger partial charge in [0.25, 0.3) is 0 Å². The summed E-state index contributed by atoms with van der Waals surface area (Å²) in [6.07, 6.45) is 1.17. The Balaban J connectivity index is 2.63. The van der Waals surface area contributed by atoms with Crippen molar-refractivity contribution in [1.29, 1.82) is 0 Å². The quantitative estimate of drug-likeness (QED) is 0.893. The molecule has 0 saturated carbocycles. The van der Waals surface area contributed by atoms with E-state index in [-0.39, 0.29) is 11.9 Å². The van der Waals surface area contributed by atoms with Crippen LogP contribution < -0.4 is 11.1 Å². The van der Waals surface area contributed by atoms with Gasteiger partial charge >= 0.3 is 0 Å². The molecule has 0 saturated heterocycles. The van der Waals surface area contributed by atoms with E-state index in [2.05, 4.69) is 21.2 Å². The van der Waals surface area contributed by atoms with Crippen LogP contribution in [-0.2, 0) is 4.79 Å². The lowest BCUT2D eigenvalue weighted by Crippen LogP contribution is -2.26. The van der Waals surface area contributed by atoms with Gasteiger partial charge in [0.15, 0.2) is 0 Å². The Kier molecular flexibility index (Phi) is 4.96. The van der Waals surface area contributed by atoms with Crippen molar-refractivity contribution in [1.82, 2.24) is 0 Å². The van der Waals surface area contributed by atoms with Crippen LogP contribution in [0.4, 0.5) is 5.69 Å². The molecule has 16 heavy (non-hydrogen) atoms. The average Bonchev–Trinajstić information content (AvgIpc) is 2.22. The fourth-order valence-electron chi connectivity index (χ4n) is 1.31. The molecule has 0 spiro atoms. The first-order valence-corrected chi connectivity index (χ1v) is 6.13. The molecule has 0 aliphatic rings. The van der Waals surface area contributed by atoms with E-state index in [0.29, 0.717) is 6.42 Å². The molecule has 0 fully saturated rings. The second-order valence-electron chi connectivity index (χ2n) is 3.90. The van der Waals surface area contributed by atoms with Crippen molar-refractivity contribution < 1.29 is 4.79 Å². The average molecular weight is 285 g/mol. The first-order valence-electron chi connectivity index (χ1n) is 5.34. The van der Waals surface area contributed by atoms with Crippen molar-refractivity contribution in [2.75, 3.05) is 5.32 Å². The molecule has 0 aromatic heterocycles. The predicted octanol–water partition coefficient (Wildman–Crippen LogP) is 2.82. The second-order valence-corrected chi connectivity index (χ2v) is 4.76. The molecule has 1 aromatic carbocycles. The lowest BCUT2D eigenvalue weighted by Gasteiger charge is -2.11. The van der Waals surface area contributed by atoms with E-state index < -0.39 is 0 Å². The normalized spacial score (nSPS) is 12.2. The highest BCUT2D eigenvalue weighted by Gasteiger charge is 2.09. The molecule has 1 aromatic rings. The maximum Gasteiger partial charge on any atom is 0.225 e. The molecule has 0 bridgehead atoms. The fraction of sp³-hybridized carbons (Fsp3) is 0.417. The predicted molar refractivity (Wildman–Crippen MR) is 70.4 cm³/mol. The molecule has 4 heteroatoms. The molecule has 3 N–H and O–H groups in total. The van der Waals surface area contributed by atoms with E-state index in [1.807, 2.05) is 32.0 Å². The van der Waals surface area contributed by atoms with E-state index in [9.17, 15) is 4.79 Å². The molecule has 0 radical (unpaired) electrons. The number of nitrogens with one attached hydrogen (secondary N) is 1. The van der Waals surface area contributed by atoms with E-state index in [0.717, 1.165) is 22.1 Å². The Morgan fingerprint density at radius 3 is 2.81 bits per heavy atom. The molecule has 1 atom stereocenters. The minimum Gasteiger partial charge on any atom is -0.327 e. The van der Waals surface area contributed by atoms with E-state index in [4.69, 9.17) is 5.73 Å². The van der Waals surface area contributed by atoms with Gasteiger partial charge in [-0.1, -0.05) is 13.0 Å². The molecule has 0 heterocycles. The summed E-state index contributed by atoms with van der Waals surface area (Å²) in [5, 5.41) is 2.84. The summed E-state index contributed by atoms with van der Waals surface area (Å²) in [6, 6.07) is 5.74. The van der Waals surface area contributed by atoms with E-state index in [1.54, 1.807) is 0 Å². The van der Waals surface area contributed by atoms with Crippen LogP contribution in [0.25, 0.3) is 0 Å². The van der Waals surface area contributed by atoms with Crippen molar-refractivity contribution in [3.63, 3.8) is 0 Å². The lowest BCUT2D eigenvalue weighted by molar-refractivity contribution is -0.116. The number of carbonyl (C=O) groups is 1. The largest absolute Gasteiger partial charge is 0.327 e. The topological polar surface area (TPSA) is 55.1 Å². The van der Waals surface area contributed by atoms with E-state index >= 15 is 0 Å². The maximum atomic E-state index is 11.6. The van der Waals surface area contributed by atoms with Gasteiger partial charge in [-0.05, 0) is 47.0 Å². The molecule has 1 rings (SSSR count). The van der Waals surface area contributed by atoms with Crippen LogP contribution in [0.15, 0.2) is 22.7 Å². The van der Waals surface area contributed by atoms with E-state index in [1.165, 1.54) is 0 Å². The van der Waals surface area contributed by atoms with Crippen LogP contribution >= 0.6 is 15.9 Å². The number of amides is 1. The molecule has 88 valence electrons. The molecule has 0 aliphatic heterocycles. The number of hydrogen-bond donors (Lipinski definition) is 2. The SMILES string of the molecule is CCC(N)CC(=O)Nc1ccc(C)cc1Br. The zero-order valence-corrected chi connectivity index (χ0v) is 11.2. The highest BCUT2D eigenvalue weighted by atomic mass is 79.9. The summed E-state index contributed by atoms with van der Waals surface area (Å²) in [5.41, 5.74) is 7.66. The van der Waals surface area contributed by atoms with Gasteiger partial charge in [0, 0.05) is 16.9 Å². The van der Waals surface area contributed by atoms with Crippen molar-refractivity contribution in [3.8, 4) is 0 Å². The van der Waals surface area contributed by atoms with Crippen molar-refractivity contribution in [2.45, 2.75) is 32.7 Å². The number of nitrogens with two attached hydrogens (primary N) is 1. The van der Waals surface area contributed by atoms with Crippen LogP contribution in [0.2, 0.25) is 0 Å². The monoisotopic (exact) mass is 284 g/mol. The smallest absolute Gasteiger partial charge is 0.225 e. The number of carbonyl (C=O) groups excluding carboxylic acids is 1. The highest BCUT2D eigenvalue weighted by molar-refractivity contribution is 9.10. The highest BCUT2D eigenvalue weighted by Crippen LogP contribution is 2.23. The number of anilines is 1. The van der Waals surface area contributed by atoms with Gasteiger partial charge < -0.3 is 11.1 Å². The van der Waals surface area contributed by atoms with Gasteiger partial charge in [-0.15, -0.1) is 0 Å². The Morgan fingerprint density at radius 1 is 1.56 bits per heavy atom. The number of benzene rings is 1. The summed E-state index contributed by atoms with van der Waals surface area (Å²) in [6.45, 7) is 3.98. The fourth-order valence-corrected chi connectivity index (χ4v) is 1.90. The number of halogens is 1. The van der Waals surface area contributed by atoms with Crippen LogP contribution in [0, 0.1) is 6.92 Å². The van der Waals surface area contributed by atoms with Gasteiger partial charge in [-0.25, -0.2) is 0 Å². The minimum atomic E-state index is -0.0655. The number of hydrogen-bond acceptors (Lipinski definition) is 2. The minimum absolute atomic E-state index is 0.0427.